The summed E-state index contributed by atoms with van der Waals surface area (Å²) in [6.45, 7) is 4.35. The zero-order valence-electron chi connectivity index (χ0n) is 12.2. The molecule has 3 nitrogen and oxygen atoms in total. The van der Waals surface area contributed by atoms with Crippen LogP contribution in [0.2, 0.25) is 0 Å². The predicted molar refractivity (Wildman–Crippen MR) is 82.6 cm³/mol. The van der Waals surface area contributed by atoms with E-state index in [4.69, 9.17) is 10.2 Å². The number of hydrogen-bond acceptors (Lipinski definition) is 3. The van der Waals surface area contributed by atoms with Gasteiger partial charge in [-0.2, -0.15) is 0 Å². The number of piperidine rings is 1. The highest BCUT2D eigenvalue weighted by Crippen LogP contribution is 2.26. The lowest BCUT2D eigenvalue weighted by molar-refractivity contribution is 0.132. The molecule has 3 rings (SSSR count). The second-order valence-electron chi connectivity index (χ2n) is 5.85. The van der Waals surface area contributed by atoms with E-state index >= 15 is 0 Å². The summed E-state index contributed by atoms with van der Waals surface area (Å²) in [7, 11) is 0. The van der Waals surface area contributed by atoms with Crippen molar-refractivity contribution < 1.29 is 4.42 Å². The highest BCUT2D eigenvalue weighted by Gasteiger charge is 2.24. The van der Waals surface area contributed by atoms with E-state index in [1.807, 2.05) is 18.2 Å². The molecule has 2 N–H and O–H groups in total. The summed E-state index contributed by atoms with van der Waals surface area (Å²) >= 11 is 0. The Bertz CT molecular complexity index is 530. The van der Waals surface area contributed by atoms with E-state index in [0.717, 1.165) is 23.3 Å². The Kier molecular flexibility index (Phi) is 4.08. The molecular formula is C17H24N2O. The molecule has 1 fully saturated rings. The first kappa shape index (κ1) is 13.7. The van der Waals surface area contributed by atoms with Crippen molar-refractivity contribution in [3.8, 4) is 0 Å². The van der Waals surface area contributed by atoms with Gasteiger partial charge < -0.3 is 10.2 Å². The van der Waals surface area contributed by atoms with Gasteiger partial charge in [0.2, 0.25) is 0 Å². The van der Waals surface area contributed by atoms with Crippen LogP contribution in [0.4, 0.5) is 0 Å². The second kappa shape index (κ2) is 5.98. The molecule has 108 valence electrons. The highest BCUT2D eigenvalue weighted by atomic mass is 16.3. The van der Waals surface area contributed by atoms with Gasteiger partial charge in [-0.15, -0.1) is 0 Å². The Balaban J connectivity index is 1.73. The lowest BCUT2D eigenvalue weighted by Gasteiger charge is -2.36. The minimum Gasteiger partial charge on any atom is -0.459 e. The SMILES string of the molecule is CCC1CCCCN1CC(N)c1cc2ccccc2o1. The fourth-order valence-corrected chi connectivity index (χ4v) is 3.29. The van der Waals surface area contributed by atoms with E-state index in [2.05, 4.69) is 24.0 Å². The van der Waals surface area contributed by atoms with Gasteiger partial charge in [-0.3, -0.25) is 4.90 Å². The highest BCUT2D eigenvalue weighted by molar-refractivity contribution is 5.77. The maximum absolute atomic E-state index is 6.37. The summed E-state index contributed by atoms with van der Waals surface area (Å²) < 4.78 is 5.89. The van der Waals surface area contributed by atoms with Crippen LogP contribution in [0.5, 0.6) is 0 Å². The zero-order valence-corrected chi connectivity index (χ0v) is 12.2. The third kappa shape index (κ3) is 2.74. The van der Waals surface area contributed by atoms with Gasteiger partial charge in [0.1, 0.15) is 11.3 Å². The maximum Gasteiger partial charge on any atom is 0.134 e. The van der Waals surface area contributed by atoms with Crippen molar-refractivity contribution in [1.82, 2.24) is 4.90 Å². The minimum absolute atomic E-state index is 0.0328. The van der Waals surface area contributed by atoms with E-state index in [1.165, 1.54) is 32.2 Å². The molecule has 1 saturated heterocycles. The van der Waals surface area contributed by atoms with Crippen LogP contribution in [0.15, 0.2) is 34.7 Å². The lowest BCUT2D eigenvalue weighted by Crippen LogP contribution is -2.42. The fourth-order valence-electron chi connectivity index (χ4n) is 3.29. The van der Waals surface area contributed by atoms with Gasteiger partial charge in [0.25, 0.3) is 0 Å². The normalized spacial score (nSPS) is 22.2. The van der Waals surface area contributed by atoms with Crippen LogP contribution in [0.3, 0.4) is 0 Å². The van der Waals surface area contributed by atoms with E-state index in [1.54, 1.807) is 0 Å². The summed E-state index contributed by atoms with van der Waals surface area (Å²) in [5.74, 6) is 0.909. The Hall–Kier alpha value is -1.32. The van der Waals surface area contributed by atoms with Crippen LogP contribution in [-0.4, -0.2) is 24.0 Å². The van der Waals surface area contributed by atoms with E-state index in [0.29, 0.717) is 6.04 Å². The molecule has 2 atom stereocenters. The Labute approximate surface area is 120 Å². The fraction of sp³-hybridized carbons (Fsp3) is 0.529. The van der Waals surface area contributed by atoms with Gasteiger partial charge in [0.15, 0.2) is 0 Å². The van der Waals surface area contributed by atoms with Crippen molar-refractivity contribution in [2.45, 2.75) is 44.7 Å². The molecule has 1 aliphatic heterocycles. The number of fused-ring (bicyclic) bond motifs is 1. The molecule has 2 aromatic rings. The summed E-state index contributed by atoms with van der Waals surface area (Å²) in [4.78, 5) is 2.54. The van der Waals surface area contributed by atoms with Crippen LogP contribution < -0.4 is 5.73 Å². The molecule has 0 spiro atoms. The molecule has 1 aromatic carbocycles. The molecular weight excluding hydrogens is 248 g/mol. The summed E-state index contributed by atoms with van der Waals surface area (Å²) in [6.07, 6.45) is 5.18. The predicted octanol–water partition coefficient (Wildman–Crippen LogP) is 3.70. The zero-order chi connectivity index (χ0) is 13.9. The molecule has 1 aliphatic rings. The lowest BCUT2D eigenvalue weighted by atomic mass is 9.99. The first-order chi connectivity index (χ1) is 9.78. The Morgan fingerprint density at radius 1 is 1.35 bits per heavy atom. The molecule has 0 aliphatic carbocycles. The standard InChI is InChI=1S/C17H24N2O/c1-2-14-8-5-6-10-19(14)12-15(18)17-11-13-7-3-4-9-16(13)20-17/h3-4,7,9,11,14-15H,2,5-6,8,10,12,18H2,1H3. The van der Waals surface area contributed by atoms with Crippen molar-refractivity contribution in [1.29, 1.82) is 0 Å². The van der Waals surface area contributed by atoms with Crippen LogP contribution in [-0.2, 0) is 0 Å². The smallest absolute Gasteiger partial charge is 0.134 e. The molecule has 0 amide bonds. The van der Waals surface area contributed by atoms with Crippen LogP contribution in [0.25, 0.3) is 11.0 Å². The van der Waals surface area contributed by atoms with Gasteiger partial charge >= 0.3 is 0 Å². The Morgan fingerprint density at radius 3 is 3.00 bits per heavy atom. The van der Waals surface area contributed by atoms with Crippen LogP contribution >= 0.6 is 0 Å². The van der Waals surface area contributed by atoms with E-state index in [-0.39, 0.29) is 6.04 Å². The third-order valence-corrected chi connectivity index (χ3v) is 4.46. The molecule has 0 saturated carbocycles. The number of benzene rings is 1. The van der Waals surface area contributed by atoms with Gasteiger partial charge in [-0.1, -0.05) is 31.5 Å². The maximum atomic E-state index is 6.37. The average Bonchev–Trinajstić information content (AvgIpc) is 2.92. The minimum atomic E-state index is -0.0328. The third-order valence-electron chi connectivity index (χ3n) is 4.46. The molecule has 20 heavy (non-hydrogen) atoms. The summed E-state index contributed by atoms with van der Waals surface area (Å²) in [5, 5.41) is 1.14. The van der Waals surface area contributed by atoms with Crippen LogP contribution in [0.1, 0.15) is 44.4 Å². The Morgan fingerprint density at radius 2 is 2.20 bits per heavy atom. The van der Waals surface area contributed by atoms with Gasteiger partial charge in [-0.05, 0) is 37.9 Å². The molecule has 0 radical (unpaired) electrons. The number of nitrogens with zero attached hydrogens (tertiary/aromatic N) is 1. The van der Waals surface area contributed by atoms with Crippen LogP contribution in [0, 0.1) is 0 Å². The van der Waals surface area contributed by atoms with Gasteiger partial charge in [-0.25, -0.2) is 0 Å². The second-order valence-corrected chi connectivity index (χ2v) is 5.85. The molecule has 1 aromatic heterocycles. The van der Waals surface area contributed by atoms with Crippen molar-refractivity contribution >= 4 is 11.0 Å². The molecule has 2 heterocycles. The van der Waals surface area contributed by atoms with Crippen molar-refractivity contribution in [3.05, 3.63) is 36.1 Å². The topological polar surface area (TPSA) is 42.4 Å². The number of furan rings is 1. The number of nitrogens with two attached hydrogens (primary N) is 1. The van der Waals surface area contributed by atoms with E-state index in [9.17, 15) is 0 Å². The first-order valence-corrected chi connectivity index (χ1v) is 7.76. The van der Waals surface area contributed by atoms with E-state index < -0.39 is 0 Å². The number of para-hydroxylation sites is 1. The number of likely N-dealkylation sites (tertiary alicyclic amines) is 1. The van der Waals surface area contributed by atoms with Crippen molar-refractivity contribution in [3.63, 3.8) is 0 Å². The largest absolute Gasteiger partial charge is 0.459 e. The number of rotatable bonds is 4. The van der Waals surface area contributed by atoms with Crippen molar-refractivity contribution in [2.24, 2.45) is 5.73 Å². The average molecular weight is 272 g/mol. The molecule has 3 heteroatoms. The van der Waals surface area contributed by atoms with Gasteiger partial charge in [0, 0.05) is 18.0 Å². The number of hydrogen-bond donors (Lipinski definition) is 1. The molecule has 0 bridgehead atoms. The first-order valence-electron chi connectivity index (χ1n) is 7.76. The summed E-state index contributed by atoms with van der Waals surface area (Å²) in [5.41, 5.74) is 7.31. The quantitative estimate of drug-likeness (QED) is 0.923. The monoisotopic (exact) mass is 272 g/mol. The van der Waals surface area contributed by atoms with Gasteiger partial charge in [0.05, 0.1) is 6.04 Å². The van der Waals surface area contributed by atoms with Crippen molar-refractivity contribution in [2.75, 3.05) is 13.1 Å². The summed E-state index contributed by atoms with van der Waals surface area (Å²) in [6, 6.07) is 10.9. The molecule has 2 unspecified atom stereocenters.